The summed E-state index contributed by atoms with van der Waals surface area (Å²) in [6.45, 7) is 0. The van der Waals surface area contributed by atoms with E-state index in [1.165, 1.54) is 0 Å². The summed E-state index contributed by atoms with van der Waals surface area (Å²) in [6.07, 6.45) is 0. The van der Waals surface area contributed by atoms with Gasteiger partial charge in [-0.1, -0.05) is 0 Å². The van der Waals surface area contributed by atoms with E-state index in [2.05, 4.69) is 14.0 Å². The molecule has 0 radical (unpaired) electrons. The lowest BCUT2D eigenvalue weighted by atomic mass is 11.8. The van der Waals surface area contributed by atoms with E-state index in [1.807, 2.05) is 0 Å². The Kier molecular flexibility index (Phi) is 20.7. The van der Waals surface area contributed by atoms with Gasteiger partial charge in [-0.15, -0.1) is 12.4 Å². The number of rotatable bonds is 0. The zero-order valence-corrected chi connectivity index (χ0v) is 4.37. The summed E-state index contributed by atoms with van der Waals surface area (Å²) in [5.41, 5.74) is 0. The molecule has 0 aliphatic carbocycles. The van der Waals surface area contributed by atoms with Gasteiger partial charge in [0.1, 0.15) is 0 Å². The Hall–Kier alpha value is 0.680. The molecular weight excluding hydrogens is 94.4 g/mol. The largest absolute Gasteiger partial charge is 0.369 e. The van der Waals surface area contributed by atoms with Crippen molar-refractivity contribution in [2.45, 2.75) is 0 Å². The second-order valence-electron chi connectivity index (χ2n) is 0.236. The summed E-state index contributed by atoms with van der Waals surface area (Å²) in [5, 5.41) is 0. The fourth-order valence-electron chi connectivity index (χ4n) is 0. The van der Waals surface area contributed by atoms with Crippen LogP contribution in [0.2, 0.25) is 0 Å². The van der Waals surface area contributed by atoms with Crippen molar-refractivity contribution >= 4 is 21.9 Å². The minimum atomic E-state index is 0. The van der Waals surface area contributed by atoms with E-state index < -0.39 is 0 Å². The van der Waals surface area contributed by atoms with Gasteiger partial charge < -0.3 is 4.52 Å². The topological polar surface area (TPSA) is 9.23 Å². The number of hydrogen-bond donors (Lipinski definition) is 0. The Bertz CT molecular complexity index is 8.00. The minimum Gasteiger partial charge on any atom is -0.369 e. The van der Waals surface area contributed by atoms with Gasteiger partial charge in [0, 0.05) is 7.11 Å². The second-order valence-corrected chi connectivity index (χ2v) is 0.707. The normalized spacial score (nSPS) is 4.50. The van der Waals surface area contributed by atoms with Gasteiger partial charge in [-0.05, 0) is 9.47 Å². The molecular formula is CH6ClOP. The summed E-state index contributed by atoms with van der Waals surface area (Å²) < 4.78 is 4.17. The van der Waals surface area contributed by atoms with Crippen LogP contribution in [0.4, 0.5) is 0 Å². The Balaban J connectivity index is 0. The molecule has 0 aliphatic rings. The van der Waals surface area contributed by atoms with Crippen LogP contribution in [0.15, 0.2) is 0 Å². The standard InChI is InChI=1S/CH5OP.ClH/c1-2-3;/h3H2,1H3;1H. The molecule has 0 aromatic heterocycles. The monoisotopic (exact) mass is 100.0 g/mol. The number of halogens is 1. The van der Waals surface area contributed by atoms with E-state index in [0.29, 0.717) is 0 Å². The molecule has 3 heteroatoms. The summed E-state index contributed by atoms with van der Waals surface area (Å²) >= 11 is 0. The summed E-state index contributed by atoms with van der Waals surface area (Å²) in [4.78, 5) is 0. The van der Waals surface area contributed by atoms with Crippen LogP contribution in [0.1, 0.15) is 0 Å². The third-order valence-corrected chi connectivity index (χ3v) is 0. The van der Waals surface area contributed by atoms with Crippen molar-refractivity contribution in [2.75, 3.05) is 7.11 Å². The Morgan fingerprint density at radius 3 is 1.75 bits per heavy atom. The van der Waals surface area contributed by atoms with E-state index in [0.717, 1.165) is 0 Å². The average molecular weight is 100 g/mol. The van der Waals surface area contributed by atoms with Crippen molar-refractivity contribution in [3.63, 3.8) is 0 Å². The Morgan fingerprint density at radius 1 is 1.75 bits per heavy atom. The Labute approximate surface area is 34.4 Å². The van der Waals surface area contributed by atoms with Crippen LogP contribution in [-0.4, -0.2) is 7.11 Å². The van der Waals surface area contributed by atoms with Crippen molar-refractivity contribution in [1.29, 1.82) is 0 Å². The van der Waals surface area contributed by atoms with Gasteiger partial charge in [0.05, 0.1) is 0 Å². The first kappa shape index (κ1) is 8.82. The smallest absolute Gasteiger partial charge is 0.0391 e. The quantitative estimate of drug-likeness (QED) is 0.410. The molecule has 0 aromatic carbocycles. The molecule has 4 heavy (non-hydrogen) atoms. The van der Waals surface area contributed by atoms with Crippen LogP contribution in [0, 0.1) is 0 Å². The van der Waals surface area contributed by atoms with Gasteiger partial charge in [0.2, 0.25) is 0 Å². The SMILES string of the molecule is COP.Cl. The van der Waals surface area contributed by atoms with Crippen molar-refractivity contribution in [3.05, 3.63) is 0 Å². The lowest BCUT2D eigenvalue weighted by molar-refractivity contribution is 0.488. The third-order valence-electron chi connectivity index (χ3n) is 0. The van der Waals surface area contributed by atoms with Gasteiger partial charge in [-0.25, -0.2) is 0 Å². The minimum absolute atomic E-state index is 0. The van der Waals surface area contributed by atoms with Crippen molar-refractivity contribution < 1.29 is 4.52 Å². The zero-order valence-electron chi connectivity index (χ0n) is 2.39. The maximum Gasteiger partial charge on any atom is 0.0391 e. The van der Waals surface area contributed by atoms with Crippen LogP contribution in [0.25, 0.3) is 0 Å². The molecule has 0 fully saturated rings. The van der Waals surface area contributed by atoms with Crippen LogP contribution in [0.3, 0.4) is 0 Å². The van der Waals surface area contributed by atoms with Crippen LogP contribution < -0.4 is 0 Å². The molecule has 1 unspecified atom stereocenters. The molecule has 0 N–H and O–H groups in total. The second kappa shape index (κ2) is 9.36. The maximum atomic E-state index is 4.17. The van der Waals surface area contributed by atoms with Gasteiger partial charge >= 0.3 is 0 Å². The molecule has 0 rings (SSSR count). The molecule has 0 aliphatic heterocycles. The summed E-state index contributed by atoms with van der Waals surface area (Å²) in [6, 6.07) is 0. The lowest BCUT2D eigenvalue weighted by Gasteiger charge is -1.60. The Morgan fingerprint density at radius 2 is 1.75 bits per heavy atom. The molecule has 1 nitrogen and oxygen atoms in total. The van der Waals surface area contributed by atoms with Crippen LogP contribution in [-0.2, 0) is 4.52 Å². The van der Waals surface area contributed by atoms with Crippen LogP contribution >= 0.6 is 21.9 Å². The first-order valence-electron chi connectivity index (χ1n) is 0.644. The molecule has 0 heterocycles. The van der Waals surface area contributed by atoms with E-state index in [9.17, 15) is 0 Å². The van der Waals surface area contributed by atoms with E-state index in [-0.39, 0.29) is 12.4 Å². The van der Waals surface area contributed by atoms with E-state index in [4.69, 9.17) is 0 Å². The molecule has 0 spiro atoms. The predicted molar refractivity (Wildman–Crippen MR) is 24.0 cm³/mol. The molecule has 0 saturated carbocycles. The molecule has 0 bridgehead atoms. The average Bonchev–Trinajstić information content (AvgIpc) is 0.918. The summed E-state index contributed by atoms with van der Waals surface area (Å²) in [7, 11) is 3.67. The van der Waals surface area contributed by atoms with E-state index >= 15 is 0 Å². The van der Waals surface area contributed by atoms with Gasteiger partial charge in [-0.2, -0.15) is 0 Å². The van der Waals surface area contributed by atoms with Gasteiger partial charge in [-0.3, -0.25) is 0 Å². The maximum absolute atomic E-state index is 4.17. The molecule has 0 aromatic rings. The molecule has 1 atom stereocenters. The molecule has 0 amide bonds. The first-order chi connectivity index (χ1) is 1.41. The highest BCUT2D eigenvalue weighted by molar-refractivity contribution is 7.09. The van der Waals surface area contributed by atoms with Crippen molar-refractivity contribution in [1.82, 2.24) is 0 Å². The highest BCUT2D eigenvalue weighted by Gasteiger charge is 1.25. The molecule has 28 valence electrons. The highest BCUT2D eigenvalue weighted by Crippen LogP contribution is 1.68. The highest BCUT2D eigenvalue weighted by atomic mass is 35.5. The van der Waals surface area contributed by atoms with Crippen molar-refractivity contribution in [2.24, 2.45) is 0 Å². The predicted octanol–water partition coefficient (Wildman–Crippen LogP) is 0.845. The number of hydrogen-bond acceptors (Lipinski definition) is 1. The molecule has 0 saturated heterocycles. The zero-order chi connectivity index (χ0) is 2.71. The van der Waals surface area contributed by atoms with Crippen LogP contribution in [0.5, 0.6) is 0 Å². The summed E-state index contributed by atoms with van der Waals surface area (Å²) in [5.74, 6) is 0. The fraction of sp³-hybridized carbons (Fsp3) is 1.00. The van der Waals surface area contributed by atoms with Gasteiger partial charge in [0.15, 0.2) is 0 Å². The fourth-order valence-corrected chi connectivity index (χ4v) is 0. The van der Waals surface area contributed by atoms with E-state index in [1.54, 1.807) is 7.11 Å². The third kappa shape index (κ3) is 16.4. The van der Waals surface area contributed by atoms with Crippen molar-refractivity contribution in [3.8, 4) is 0 Å². The van der Waals surface area contributed by atoms with Gasteiger partial charge in [0.25, 0.3) is 0 Å². The first-order valence-corrected chi connectivity index (χ1v) is 1.12. The lowest BCUT2D eigenvalue weighted by Crippen LogP contribution is -1.37.